The SMILES string of the molecule is CCn1nccc1C(C)NC(=O)c1ccc(OC)c(OC)c1. The number of aromatic nitrogens is 2. The number of rotatable bonds is 6. The maximum absolute atomic E-state index is 12.4. The number of nitrogens with zero attached hydrogens (tertiary/aromatic N) is 2. The third-order valence-electron chi connectivity index (χ3n) is 3.49. The smallest absolute Gasteiger partial charge is 0.251 e. The fourth-order valence-corrected chi connectivity index (χ4v) is 2.31. The minimum atomic E-state index is -0.169. The minimum Gasteiger partial charge on any atom is -0.493 e. The quantitative estimate of drug-likeness (QED) is 0.890. The number of ether oxygens (including phenoxy) is 2. The largest absolute Gasteiger partial charge is 0.493 e. The lowest BCUT2D eigenvalue weighted by Crippen LogP contribution is -2.28. The number of aryl methyl sites for hydroxylation is 1. The van der Waals surface area contributed by atoms with Gasteiger partial charge in [0.2, 0.25) is 0 Å². The van der Waals surface area contributed by atoms with E-state index in [-0.39, 0.29) is 11.9 Å². The van der Waals surface area contributed by atoms with Gasteiger partial charge >= 0.3 is 0 Å². The normalized spacial score (nSPS) is 11.8. The van der Waals surface area contributed by atoms with Crippen LogP contribution >= 0.6 is 0 Å². The summed E-state index contributed by atoms with van der Waals surface area (Å²) in [7, 11) is 3.10. The van der Waals surface area contributed by atoms with Crippen molar-refractivity contribution in [1.29, 1.82) is 0 Å². The molecule has 0 spiro atoms. The Morgan fingerprint density at radius 2 is 2.00 bits per heavy atom. The molecule has 1 aromatic carbocycles. The Kier molecular flexibility index (Phi) is 5.04. The van der Waals surface area contributed by atoms with Crippen molar-refractivity contribution in [1.82, 2.24) is 15.1 Å². The second kappa shape index (κ2) is 6.98. The Morgan fingerprint density at radius 1 is 1.27 bits per heavy atom. The topological polar surface area (TPSA) is 65.4 Å². The highest BCUT2D eigenvalue weighted by atomic mass is 16.5. The average Bonchev–Trinajstić information content (AvgIpc) is 3.02. The summed E-state index contributed by atoms with van der Waals surface area (Å²) in [4.78, 5) is 12.4. The van der Waals surface area contributed by atoms with E-state index in [1.807, 2.05) is 24.6 Å². The van der Waals surface area contributed by atoms with Gasteiger partial charge in [0.1, 0.15) is 0 Å². The second-order valence-electron chi connectivity index (χ2n) is 4.84. The highest BCUT2D eigenvalue weighted by Crippen LogP contribution is 2.27. The van der Waals surface area contributed by atoms with E-state index in [1.54, 1.807) is 38.6 Å². The molecule has 1 unspecified atom stereocenters. The second-order valence-corrected chi connectivity index (χ2v) is 4.84. The molecule has 0 saturated heterocycles. The molecule has 2 rings (SSSR count). The number of hydrogen-bond donors (Lipinski definition) is 1. The van der Waals surface area contributed by atoms with Gasteiger partial charge in [-0.1, -0.05) is 0 Å². The van der Waals surface area contributed by atoms with Crippen LogP contribution in [0.2, 0.25) is 0 Å². The molecule has 1 N–H and O–H groups in total. The van der Waals surface area contributed by atoms with Gasteiger partial charge in [0, 0.05) is 18.3 Å². The zero-order valence-corrected chi connectivity index (χ0v) is 13.3. The first kappa shape index (κ1) is 15.9. The number of methoxy groups -OCH3 is 2. The van der Waals surface area contributed by atoms with Crippen LogP contribution < -0.4 is 14.8 Å². The predicted octanol–water partition coefficient (Wildman–Crippen LogP) is 2.41. The maximum Gasteiger partial charge on any atom is 0.251 e. The number of benzene rings is 1. The Labute approximate surface area is 130 Å². The fourth-order valence-electron chi connectivity index (χ4n) is 2.31. The van der Waals surface area contributed by atoms with Crippen molar-refractivity contribution in [2.75, 3.05) is 14.2 Å². The van der Waals surface area contributed by atoms with Gasteiger partial charge in [-0.05, 0) is 38.1 Å². The highest BCUT2D eigenvalue weighted by Gasteiger charge is 2.16. The lowest BCUT2D eigenvalue weighted by Gasteiger charge is -2.16. The van der Waals surface area contributed by atoms with Gasteiger partial charge in [-0.25, -0.2) is 0 Å². The van der Waals surface area contributed by atoms with Crippen LogP contribution in [0, 0.1) is 0 Å². The Hall–Kier alpha value is -2.50. The zero-order valence-electron chi connectivity index (χ0n) is 13.3. The van der Waals surface area contributed by atoms with E-state index in [1.165, 1.54) is 0 Å². The first-order valence-corrected chi connectivity index (χ1v) is 7.15. The molecule has 0 aliphatic heterocycles. The molecule has 0 radical (unpaired) electrons. The summed E-state index contributed by atoms with van der Waals surface area (Å²) in [5.74, 6) is 0.954. The van der Waals surface area contributed by atoms with E-state index >= 15 is 0 Å². The number of nitrogens with one attached hydrogen (secondary N) is 1. The molecular formula is C16H21N3O3. The third kappa shape index (κ3) is 3.21. The first-order valence-electron chi connectivity index (χ1n) is 7.15. The van der Waals surface area contributed by atoms with Gasteiger partial charge in [0.25, 0.3) is 5.91 Å². The Morgan fingerprint density at radius 3 is 2.64 bits per heavy atom. The summed E-state index contributed by atoms with van der Waals surface area (Å²) in [6, 6.07) is 6.86. The summed E-state index contributed by atoms with van der Waals surface area (Å²) in [5, 5.41) is 7.18. The molecule has 1 atom stereocenters. The van der Waals surface area contributed by atoms with Gasteiger partial charge in [0.05, 0.1) is 26.0 Å². The van der Waals surface area contributed by atoms with E-state index in [4.69, 9.17) is 9.47 Å². The van der Waals surface area contributed by atoms with Crippen LogP contribution in [-0.4, -0.2) is 29.9 Å². The molecule has 0 aliphatic carbocycles. The predicted molar refractivity (Wildman–Crippen MR) is 83.3 cm³/mol. The van der Waals surface area contributed by atoms with Crippen LogP contribution in [0.4, 0.5) is 0 Å². The van der Waals surface area contributed by atoms with E-state index in [0.717, 1.165) is 12.2 Å². The Balaban J connectivity index is 2.15. The van der Waals surface area contributed by atoms with Crippen LogP contribution in [0.3, 0.4) is 0 Å². The molecule has 2 aromatic rings. The monoisotopic (exact) mass is 303 g/mol. The van der Waals surface area contributed by atoms with Crippen molar-refractivity contribution in [2.45, 2.75) is 26.4 Å². The maximum atomic E-state index is 12.4. The van der Waals surface area contributed by atoms with Crippen LogP contribution in [-0.2, 0) is 6.54 Å². The summed E-state index contributed by atoms with van der Waals surface area (Å²) >= 11 is 0. The summed E-state index contributed by atoms with van der Waals surface area (Å²) in [6.07, 6.45) is 1.73. The van der Waals surface area contributed by atoms with Crippen molar-refractivity contribution in [3.05, 3.63) is 41.7 Å². The Bertz CT molecular complexity index is 652. The molecule has 22 heavy (non-hydrogen) atoms. The van der Waals surface area contributed by atoms with Crippen molar-refractivity contribution in [2.24, 2.45) is 0 Å². The molecule has 118 valence electrons. The average molecular weight is 303 g/mol. The highest BCUT2D eigenvalue weighted by molar-refractivity contribution is 5.95. The van der Waals surface area contributed by atoms with Gasteiger partial charge in [0.15, 0.2) is 11.5 Å². The van der Waals surface area contributed by atoms with Gasteiger partial charge in [-0.15, -0.1) is 0 Å². The molecule has 0 saturated carbocycles. The summed E-state index contributed by atoms with van der Waals surface area (Å²) in [6.45, 7) is 4.71. The molecule has 0 fully saturated rings. The third-order valence-corrected chi connectivity index (χ3v) is 3.49. The van der Waals surface area contributed by atoms with Crippen LogP contribution in [0.25, 0.3) is 0 Å². The lowest BCUT2D eigenvalue weighted by molar-refractivity contribution is 0.0938. The number of carbonyl (C=O) groups is 1. The van der Waals surface area contributed by atoms with Crippen molar-refractivity contribution in [3.8, 4) is 11.5 Å². The van der Waals surface area contributed by atoms with E-state index in [0.29, 0.717) is 17.1 Å². The summed E-state index contributed by atoms with van der Waals surface area (Å²) < 4.78 is 12.3. The molecule has 0 bridgehead atoms. The van der Waals surface area contributed by atoms with E-state index in [9.17, 15) is 4.79 Å². The molecule has 1 heterocycles. The van der Waals surface area contributed by atoms with Crippen LogP contribution in [0.1, 0.15) is 35.9 Å². The van der Waals surface area contributed by atoms with E-state index < -0.39 is 0 Å². The number of amides is 1. The lowest BCUT2D eigenvalue weighted by atomic mass is 10.1. The molecule has 1 amide bonds. The van der Waals surface area contributed by atoms with Crippen molar-refractivity contribution in [3.63, 3.8) is 0 Å². The molecule has 6 nitrogen and oxygen atoms in total. The molecule has 1 aromatic heterocycles. The number of carbonyl (C=O) groups excluding carboxylic acids is 1. The zero-order chi connectivity index (χ0) is 16.1. The van der Waals surface area contributed by atoms with Crippen molar-refractivity contribution >= 4 is 5.91 Å². The van der Waals surface area contributed by atoms with Gasteiger partial charge in [-0.2, -0.15) is 5.10 Å². The molecule has 0 aliphatic rings. The van der Waals surface area contributed by atoms with Crippen molar-refractivity contribution < 1.29 is 14.3 Å². The van der Waals surface area contributed by atoms with Crippen LogP contribution in [0.5, 0.6) is 11.5 Å². The van der Waals surface area contributed by atoms with E-state index in [2.05, 4.69) is 10.4 Å². The van der Waals surface area contributed by atoms with Gasteiger partial charge in [-0.3, -0.25) is 9.48 Å². The molecular weight excluding hydrogens is 282 g/mol. The fraction of sp³-hybridized carbons (Fsp3) is 0.375. The minimum absolute atomic E-state index is 0.136. The number of hydrogen-bond acceptors (Lipinski definition) is 4. The standard InChI is InChI=1S/C16H21N3O3/c1-5-19-13(8-9-17-19)11(2)18-16(20)12-6-7-14(21-3)15(10-12)22-4/h6-11H,5H2,1-4H3,(H,18,20). The van der Waals surface area contributed by atoms with Crippen LogP contribution in [0.15, 0.2) is 30.5 Å². The van der Waals surface area contributed by atoms with Gasteiger partial charge < -0.3 is 14.8 Å². The molecule has 6 heteroatoms. The summed E-state index contributed by atoms with van der Waals surface area (Å²) in [5.41, 5.74) is 1.49. The first-order chi connectivity index (χ1) is 10.6.